The molecule has 106 valence electrons. The molecule has 0 aliphatic heterocycles. The zero-order valence-corrected chi connectivity index (χ0v) is 11.3. The van der Waals surface area contributed by atoms with Crippen molar-refractivity contribution in [1.82, 2.24) is 9.97 Å². The van der Waals surface area contributed by atoms with Gasteiger partial charge in [0.2, 0.25) is 0 Å². The quantitative estimate of drug-likeness (QED) is 0.848. The van der Waals surface area contributed by atoms with Gasteiger partial charge in [0, 0.05) is 6.54 Å². The van der Waals surface area contributed by atoms with E-state index in [1.54, 1.807) is 7.11 Å². The fourth-order valence-electron chi connectivity index (χ4n) is 1.68. The van der Waals surface area contributed by atoms with Gasteiger partial charge in [0.15, 0.2) is 17.2 Å². The average molecular weight is 283 g/mol. The normalized spacial score (nSPS) is 9.71. The van der Waals surface area contributed by atoms with Gasteiger partial charge in [0.25, 0.3) is 5.91 Å². The maximum absolute atomic E-state index is 11.3. The lowest BCUT2D eigenvalue weighted by atomic mass is 10.2. The lowest BCUT2D eigenvalue weighted by Gasteiger charge is -2.09. The van der Waals surface area contributed by atoms with Crippen LogP contribution in [-0.2, 0) is 6.54 Å². The van der Waals surface area contributed by atoms with E-state index in [2.05, 4.69) is 15.3 Å². The Bertz CT molecular complexity index is 692. The number of benzene rings is 1. The Labute approximate surface area is 121 Å². The van der Waals surface area contributed by atoms with Gasteiger partial charge in [0.1, 0.15) is 11.8 Å². The topological polar surface area (TPSA) is 114 Å². The summed E-state index contributed by atoms with van der Waals surface area (Å²) in [6.07, 6.45) is 1.21. The van der Waals surface area contributed by atoms with E-state index in [9.17, 15) is 4.79 Å². The number of rotatable bonds is 5. The Balaban J connectivity index is 2.18. The summed E-state index contributed by atoms with van der Waals surface area (Å²) in [5.74, 6) is 0.240. The van der Waals surface area contributed by atoms with Crippen LogP contribution in [0.5, 0.6) is 5.75 Å². The molecule has 21 heavy (non-hydrogen) atoms. The number of primary amides is 1. The molecule has 1 amide bonds. The van der Waals surface area contributed by atoms with Crippen molar-refractivity contribution in [1.29, 1.82) is 5.26 Å². The monoisotopic (exact) mass is 283 g/mol. The number of methoxy groups -OCH3 is 1. The van der Waals surface area contributed by atoms with Crippen molar-refractivity contribution >= 4 is 11.7 Å². The predicted octanol–water partition coefficient (Wildman–Crippen LogP) is 1.07. The first-order valence-electron chi connectivity index (χ1n) is 6.07. The van der Waals surface area contributed by atoms with E-state index in [1.807, 2.05) is 30.3 Å². The van der Waals surface area contributed by atoms with Gasteiger partial charge < -0.3 is 15.8 Å². The summed E-state index contributed by atoms with van der Waals surface area (Å²) in [4.78, 5) is 19.1. The number of amides is 1. The molecule has 0 aliphatic carbocycles. The Morgan fingerprint density at radius 1 is 1.43 bits per heavy atom. The van der Waals surface area contributed by atoms with Gasteiger partial charge in [-0.3, -0.25) is 4.79 Å². The van der Waals surface area contributed by atoms with E-state index in [0.29, 0.717) is 6.54 Å². The van der Waals surface area contributed by atoms with Crippen molar-refractivity contribution in [3.8, 4) is 11.8 Å². The van der Waals surface area contributed by atoms with Crippen LogP contribution in [0.4, 0.5) is 5.82 Å². The summed E-state index contributed by atoms with van der Waals surface area (Å²) < 4.78 is 5.07. The second kappa shape index (κ2) is 6.34. The SMILES string of the molecule is COc1ccc(CNc2nc(C#N)cnc2C(N)=O)cc1. The number of nitriles is 1. The Morgan fingerprint density at radius 2 is 2.14 bits per heavy atom. The van der Waals surface area contributed by atoms with Crippen molar-refractivity contribution < 1.29 is 9.53 Å². The third-order valence-corrected chi connectivity index (χ3v) is 2.74. The molecule has 0 bridgehead atoms. The summed E-state index contributed by atoms with van der Waals surface area (Å²) in [5, 5.41) is 11.8. The number of hydrogen-bond acceptors (Lipinski definition) is 6. The van der Waals surface area contributed by atoms with E-state index >= 15 is 0 Å². The number of carbonyl (C=O) groups is 1. The highest BCUT2D eigenvalue weighted by Crippen LogP contribution is 2.14. The number of aromatic nitrogens is 2. The first-order chi connectivity index (χ1) is 10.1. The number of ether oxygens (including phenoxy) is 1. The van der Waals surface area contributed by atoms with E-state index in [4.69, 9.17) is 15.7 Å². The number of anilines is 1. The summed E-state index contributed by atoms with van der Waals surface area (Å²) in [6, 6.07) is 9.25. The molecule has 0 radical (unpaired) electrons. The molecule has 0 aliphatic rings. The first-order valence-corrected chi connectivity index (χ1v) is 6.07. The number of nitrogens with one attached hydrogen (secondary N) is 1. The second-order valence-corrected chi connectivity index (χ2v) is 4.13. The number of carbonyl (C=O) groups excluding carboxylic acids is 1. The minimum Gasteiger partial charge on any atom is -0.497 e. The molecule has 1 aromatic heterocycles. The number of nitrogens with zero attached hydrogens (tertiary/aromatic N) is 3. The Kier molecular flexibility index (Phi) is 4.31. The zero-order valence-electron chi connectivity index (χ0n) is 11.3. The maximum Gasteiger partial charge on any atom is 0.271 e. The molecule has 2 aromatic rings. The van der Waals surface area contributed by atoms with Crippen LogP contribution < -0.4 is 15.8 Å². The smallest absolute Gasteiger partial charge is 0.271 e. The maximum atomic E-state index is 11.3. The van der Waals surface area contributed by atoms with E-state index in [0.717, 1.165) is 11.3 Å². The molecule has 0 fully saturated rings. The van der Waals surface area contributed by atoms with Crippen LogP contribution >= 0.6 is 0 Å². The highest BCUT2D eigenvalue weighted by atomic mass is 16.5. The van der Waals surface area contributed by atoms with E-state index in [-0.39, 0.29) is 17.2 Å². The number of nitrogens with two attached hydrogens (primary N) is 1. The van der Waals surface area contributed by atoms with Gasteiger partial charge in [-0.05, 0) is 17.7 Å². The molecule has 7 heteroatoms. The van der Waals surface area contributed by atoms with Crippen LogP contribution in [0.2, 0.25) is 0 Å². The molecule has 1 heterocycles. The molecule has 0 saturated heterocycles. The molecule has 7 nitrogen and oxygen atoms in total. The van der Waals surface area contributed by atoms with Crippen LogP contribution in [0.15, 0.2) is 30.5 Å². The van der Waals surface area contributed by atoms with Gasteiger partial charge in [-0.1, -0.05) is 12.1 Å². The van der Waals surface area contributed by atoms with Gasteiger partial charge in [0.05, 0.1) is 13.3 Å². The van der Waals surface area contributed by atoms with E-state index in [1.165, 1.54) is 6.20 Å². The predicted molar refractivity (Wildman–Crippen MR) is 75.6 cm³/mol. The Hall–Kier alpha value is -3.14. The summed E-state index contributed by atoms with van der Waals surface area (Å²) >= 11 is 0. The van der Waals surface area contributed by atoms with Gasteiger partial charge in [-0.2, -0.15) is 5.26 Å². The zero-order chi connectivity index (χ0) is 15.2. The lowest BCUT2D eigenvalue weighted by Crippen LogP contribution is -2.18. The third kappa shape index (κ3) is 3.45. The standard InChI is InChI=1S/C14H13N5O2/c1-21-11-4-2-9(3-5-11)7-18-14-12(13(16)20)17-8-10(6-15)19-14/h2-5,8H,7H2,1H3,(H2,16,20)(H,18,19). The van der Waals surface area contributed by atoms with Gasteiger partial charge in [-0.25, -0.2) is 9.97 Å². The fraction of sp³-hybridized carbons (Fsp3) is 0.143. The molecule has 1 aromatic carbocycles. The molecule has 0 spiro atoms. The average Bonchev–Trinajstić information content (AvgIpc) is 2.52. The summed E-state index contributed by atoms with van der Waals surface area (Å²) in [5.41, 5.74) is 6.30. The molecular weight excluding hydrogens is 270 g/mol. The lowest BCUT2D eigenvalue weighted by molar-refractivity contribution is 0.0996. The minimum absolute atomic E-state index is 0.00233. The van der Waals surface area contributed by atoms with Crippen molar-refractivity contribution in [2.45, 2.75) is 6.54 Å². The molecule has 3 N–H and O–H groups in total. The highest BCUT2D eigenvalue weighted by molar-refractivity contribution is 5.95. The minimum atomic E-state index is -0.704. The van der Waals surface area contributed by atoms with Gasteiger partial charge >= 0.3 is 0 Å². The number of hydrogen-bond donors (Lipinski definition) is 2. The molecule has 0 atom stereocenters. The van der Waals surface area contributed by atoms with Crippen LogP contribution in [0.1, 0.15) is 21.7 Å². The van der Waals surface area contributed by atoms with Crippen molar-refractivity contribution in [3.05, 3.63) is 47.4 Å². The largest absolute Gasteiger partial charge is 0.497 e. The summed E-state index contributed by atoms with van der Waals surface area (Å²) in [7, 11) is 1.59. The van der Waals surface area contributed by atoms with Crippen LogP contribution in [0, 0.1) is 11.3 Å². The second-order valence-electron chi connectivity index (χ2n) is 4.13. The van der Waals surface area contributed by atoms with Crippen LogP contribution in [0.3, 0.4) is 0 Å². The first kappa shape index (κ1) is 14.3. The molecule has 0 unspecified atom stereocenters. The van der Waals surface area contributed by atoms with Crippen molar-refractivity contribution in [2.75, 3.05) is 12.4 Å². The fourth-order valence-corrected chi connectivity index (χ4v) is 1.68. The highest BCUT2D eigenvalue weighted by Gasteiger charge is 2.12. The molecule has 2 rings (SSSR count). The van der Waals surface area contributed by atoms with E-state index < -0.39 is 5.91 Å². The third-order valence-electron chi connectivity index (χ3n) is 2.74. The summed E-state index contributed by atoms with van der Waals surface area (Å²) in [6.45, 7) is 0.411. The molecular formula is C14H13N5O2. The van der Waals surface area contributed by atoms with Crippen LogP contribution in [-0.4, -0.2) is 23.0 Å². The Morgan fingerprint density at radius 3 is 2.71 bits per heavy atom. The van der Waals surface area contributed by atoms with Crippen molar-refractivity contribution in [2.24, 2.45) is 5.73 Å². The molecule has 0 saturated carbocycles. The van der Waals surface area contributed by atoms with Gasteiger partial charge in [-0.15, -0.1) is 0 Å². The van der Waals surface area contributed by atoms with Crippen LogP contribution in [0.25, 0.3) is 0 Å². The van der Waals surface area contributed by atoms with Crippen molar-refractivity contribution in [3.63, 3.8) is 0 Å².